The number of thiophene rings is 1. The summed E-state index contributed by atoms with van der Waals surface area (Å²) >= 11 is 1.54. The lowest BCUT2D eigenvalue weighted by molar-refractivity contribution is -0.151. The van der Waals surface area contributed by atoms with E-state index in [9.17, 15) is 14.7 Å². The van der Waals surface area contributed by atoms with E-state index >= 15 is 0 Å². The van der Waals surface area contributed by atoms with Gasteiger partial charge in [-0.2, -0.15) is 11.3 Å². The van der Waals surface area contributed by atoms with Gasteiger partial charge >= 0.3 is 5.97 Å². The molecule has 0 aliphatic carbocycles. The first-order valence-corrected chi connectivity index (χ1v) is 8.17. The van der Waals surface area contributed by atoms with Crippen LogP contribution in [0.4, 0.5) is 0 Å². The molecule has 3 rings (SSSR count). The SMILES string of the molecule is CC(C(=O)N1CCc2ccccc2C1C(=O)O)c1ccsc1. The van der Waals surface area contributed by atoms with Gasteiger partial charge in [-0.1, -0.05) is 24.3 Å². The van der Waals surface area contributed by atoms with Gasteiger partial charge in [0.2, 0.25) is 5.91 Å². The van der Waals surface area contributed by atoms with Gasteiger partial charge in [0, 0.05) is 6.54 Å². The molecule has 1 aromatic carbocycles. The van der Waals surface area contributed by atoms with Gasteiger partial charge < -0.3 is 10.0 Å². The molecule has 5 heteroatoms. The van der Waals surface area contributed by atoms with E-state index in [4.69, 9.17) is 0 Å². The van der Waals surface area contributed by atoms with Crippen molar-refractivity contribution in [1.29, 1.82) is 0 Å². The molecule has 2 aromatic rings. The Labute approximate surface area is 133 Å². The predicted octanol–water partition coefficient (Wildman–Crippen LogP) is 3.06. The number of amides is 1. The van der Waals surface area contributed by atoms with Crippen LogP contribution in [0.2, 0.25) is 0 Å². The lowest BCUT2D eigenvalue weighted by Crippen LogP contribution is -2.45. The second-order valence-corrected chi connectivity index (χ2v) is 6.28. The molecule has 1 N–H and O–H groups in total. The number of carbonyl (C=O) groups is 2. The molecule has 1 aliphatic heterocycles. The number of rotatable bonds is 3. The molecule has 2 unspecified atom stereocenters. The van der Waals surface area contributed by atoms with E-state index in [1.807, 2.05) is 48.0 Å². The largest absolute Gasteiger partial charge is 0.479 e. The van der Waals surface area contributed by atoms with E-state index in [1.165, 1.54) is 4.90 Å². The summed E-state index contributed by atoms with van der Waals surface area (Å²) in [6, 6.07) is 8.51. The maximum absolute atomic E-state index is 12.8. The van der Waals surface area contributed by atoms with Gasteiger partial charge in [0.05, 0.1) is 5.92 Å². The van der Waals surface area contributed by atoms with E-state index in [0.717, 1.165) is 16.7 Å². The monoisotopic (exact) mass is 315 g/mol. The first-order chi connectivity index (χ1) is 10.6. The smallest absolute Gasteiger partial charge is 0.331 e. The highest BCUT2D eigenvalue weighted by atomic mass is 32.1. The fourth-order valence-electron chi connectivity index (χ4n) is 2.98. The number of carboxylic acid groups (broad SMARTS) is 1. The highest BCUT2D eigenvalue weighted by Crippen LogP contribution is 2.33. The molecule has 22 heavy (non-hydrogen) atoms. The van der Waals surface area contributed by atoms with Crippen LogP contribution in [-0.2, 0) is 16.0 Å². The first kappa shape index (κ1) is 14.8. The maximum atomic E-state index is 12.8. The lowest BCUT2D eigenvalue weighted by Gasteiger charge is -2.36. The van der Waals surface area contributed by atoms with Crippen molar-refractivity contribution >= 4 is 23.2 Å². The van der Waals surface area contributed by atoms with E-state index in [0.29, 0.717) is 13.0 Å². The molecule has 0 saturated carbocycles. The van der Waals surface area contributed by atoms with Gasteiger partial charge in [0.1, 0.15) is 0 Å². The number of fused-ring (bicyclic) bond motifs is 1. The molecule has 0 bridgehead atoms. The van der Waals surface area contributed by atoms with Gasteiger partial charge in [0.15, 0.2) is 6.04 Å². The molecular weight excluding hydrogens is 298 g/mol. The zero-order chi connectivity index (χ0) is 15.7. The molecule has 1 amide bonds. The Hall–Kier alpha value is -2.14. The normalized spacial score (nSPS) is 18.6. The molecule has 4 nitrogen and oxygen atoms in total. The van der Waals surface area contributed by atoms with Crippen LogP contribution in [0, 0.1) is 0 Å². The standard InChI is InChI=1S/C17H17NO3S/c1-11(13-7-9-22-10-13)16(19)18-8-6-12-4-2-3-5-14(12)15(18)17(20)21/h2-5,7,9-11,15H,6,8H2,1H3,(H,20,21). The minimum Gasteiger partial charge on any atom is -0.479 e. The molecule has 0 fully saturated rings. The average Bonchev–Trinajstić information content (AvgIpc) is 3.06. The van der Waals surface area contributed by atoms with Crippen molar-refractivity contribution < 1.29 is 14.7 Å². The second-order valence-electron chi connectivity index (χ2n) is 5.50. The van der Waals surface area contributed by atoms with Crippen molar-refractivity contribution in [2.24, 2.45) is 0 Å². The molecule has 0 saturated heterocycles. The predicted molar refractivity (Wildman–Crippen MR) is 85.0 cm³/mol. The topological polar surface area (TPSA) is 57.6 Å². The summed E-state index contributed by atoms with van der Waals surface area (Å²) in [6.07, 6.45) is 0.696. The van der Waals surface area contributed by atoms with Crippen LogP contribution in [0.3, 0.4) is 0 Å². The minimum atomic E-state index is -0.974. The van der Waals surface area contributed by atoms with Gasteiger partial charge in [-0.25, -0.2) is 4.79 Å². The Morgan fingerprint density at radius 2 is 2.09 bits per heavy atom. The highest BCUT2D eigenvalue weighted by Gasteiger charge is 2.37. The lowest BCUT2D eigenvalue weighted by atomic mass is 9.91. The summed E-state index contributed by atoms with van der Waals surface area (Å²) in [7, 11) is 0. The molecule has 1 aliphatic rings. The third-order valence-electron chi connectivity index (χ3n) is 4.21. The molecule has 2 heterocycles. The highest BCUT2D eigenvalue weighted by molar-refractivity contribution is 7.08. The molecule has 1 aromatic heterocycles. The zero-order valence-corrected chi connectivity index (χ0v) is 13.0. The summed E-state index contributed by atoms with van der Waals surface area (Å²) in [5, 5.41) is 13.5. The number of benzene rings is 1. The van der Waals surface area contributed by atoms with E-state index < -0.39 is 12.0 Å². The maximum Gasteiger partial charge on any atom is 0.331 e. The van der Waals surface area contributed by atoms with Crippen LogP contribution in [0.15, 0.2) is 41.1 Å². The van der Waals surface area contributed by atoms with Crippen molar-refractivity contribution in [2.75, 3.05) is 6.54 Å². The van der Waals surface area contributed by atoms with Crippen LogP contribution < -0.4 is 0 Å². The first-order valence-electron chi connectivity index (χ1n) is 7.22. The second kappa shape index (κ2) is 5.93. The van der Waals surface area contributed by atoms with Crippen LogP contribution in [0.1, 0.15) is 35.6 Å². The number of nitrogens with zero attached hydrogens (tertiary/aromatic N) is 1. The third kappa shape index (κ3) is 2.52. The minimum absolute atomic E-state index is 0.125. The zero-order valence-electron chi connectivity index (χ0n) is 12.2. The Balaban J connectivity index is 1.93. The fourth-order valence-corrected chi connectivity index (χ4v) is 3.74. The summed E-state index contributed by atoms with van der Waals surface area (Å²) in [5.74, 6) is -1.42. The van der Waals surface area contributed by atoms with Crippen LogP contribution in [0.25, 0.3) is 0 Å². The molecule has 2 atom stereocenters. The summed E-state index contributed by atoms with van der Waals surface area (Å²) in [6.45, 7) is 2.28. The van der Waals surface area contributed by atoms with E-state index in [2.05, 4.69) is 0 Å². The van der Waals surface area contributed by atoms with Crippen LogP contribution in [0.5, 0.6) is 0 Å². The van der Waals surface area contributed by atoms with E-state index in [-0.39, 0.29) is 11.8 Å². The van der Waals surface area contributed by atoms with Crippen molar-refractivity contribution in [3.05, 3.63) is 57.8 Å². The number of aliphatic carboxylic acids is 1. The Bertz CT molecular complexity index is 696. The molecule has 114 valence electrons. The number of hydrogen-bond acceptors (Lipinski definition) is 3. The Kier molecular flexibility index (Phi) is 3.98. The van der Waals surface area contributed by atoms with Gasteiger partial charge in [-0.05, 0) is 46.9 Å². The molecular formula is C17H17NO3S. The number of carbonyl (C=O) groups excluding carboxylic acids is 1. The quantitative estimate of drug-likeness (QED) is 0.947. The van der Waals surface area contributed by atoms with Gasteiger partial charge in [0.25, 0.3) is 0 Å². The fraction of sp³-hybridized carbons (Fsp3) is 0.294. The van der Waals surface area contributed by atoms with Crippen molar-refractivity contribution in [3.8, 4) is 0 Å². The summed E-state index contributed by atoms with van der Waals surface area (Å²) < 4.78 is 0. The van der Waals surface area contributed by atoms with Crippen LogP contribution >= 0.6 is 11.3 Å². The number of carboxylic acids is 1. The Morgan fingerprint density at radius 1 is 1.32 bits per heavy atom. The van der Waals surface area contributed by atoms with Gasteiger partial charge in [-0.15, -0.1) is 0 Å². The number of hydrogen-bond donors (Lipinski definition) is 1. The van der Waals surface area contributed by atoms with Crippen molar-refractivity contribution in [1.82, 2.24) is 4.90 Å². The van der Waals surface area contributed by atoms with Crippen molar-refractivity contribution in [2.45, 2.75) is 25.3 Å². The van der Waals surface area contributed by atoms with Gasteiger partial charge in [-0.3, -0.25) is 4.79 Å². The summed E-state index contributed by atoms with van der Waals surface area (Å²) in [5.41, 5.74) is 2.69. The molecule has 0 spiro atoms. The van der Waals surface area contributed by atoms with E-state index in [1.54, 1.807) is 11.3 Å². The molecule has 0 radical (unpaired) electrons. The summed E-state index contributed by atoms with van der Waals surface area (Å²) in [4.78, 5) is 26.0. The van der Waals surface area contributed by atoms with Crippen LogP contribution in [-0.4, -0.2) is 28.4 Å². The Morgan fingerprint density at radius 3 is 2.77 bits per heavy atom. The third-order valence-corrected chi connectivity index (χ3v) is 4.92. The average molecular weight is 315 g/mol. The van der Waals surface area contributed by atoms with Crippen molar-refractivity contribution in [3.63, 3.8) is 0 Å².